The number of amides is 1. The van der Waals surface area contributed by atoms with E-state index in [-0.39, 0.29) is 5.91 Å². The van der Waals surface area contributed by atoms with Gasteiger partial charge < -0.3 is 5.32 Å². The highest BCUT2D eigenvalue weighted by molar-refractivity contribution is 7.17. The molecule has 0 atom stereocenters. The Hall–Kier alpha value is -2.54. The minimum atomic E-state index is -0.120. The number of rotatable bonds is 6. The van der Waals surface area contributed by atoms with E-state index in [9.17, 15) is 4.79 Å². The van der Waals surface area contributed by atoms with Gasteiger partial charge in [-0.25, -0.2) is 9.97 Å². The summed E-state index contributed by atoms with van der Waals surface area (Å²) in [5.41, 5.74) is 3.99. The molecule has 0 saturated heterocycles. The molecular weight excluding hydrogens is 358 g/mol. The zero-order valence-electron chi connectivity index (χ0n) is 16.3. The summed E-state index contributed by atoms with van der Waals surface area (Å²) in [7, 11) is 0. The molecule has 1 amide bonds. The number of hydrogen-bond donors (Lipinski definition) is 2. The first-order valence-electron chi connectivity index (χ1n) is 9.21. The highest BCUT2D eigenvalue weighted by Crippen LogP contribution is 2.34. The van der Waals surface area contributed by atoms with Crippen LogP contribution in [-0.4, -0.2) is 26.1 Å². The average molecular weight is 384 g/mol. The van der Waals surface area contributed by atoms with Gasteiger partial charge in [0.1, 0.15) is 11.2 Å². The van der Waals surface area contributed by atoms with Gasteiger partial charge in [0.15, 0.2) is 10.8 Å². The molecule has 7 heteroatoms. The maximum absolute atomic E-state index is 13.1. The van der Waals surface area contributed by atoms with Gasteiger partial charge in [-0.15, -0.1) is 11.3 Å². The number of nitrogens with zero attached hydrogens (tertiary/aromatic N) is 3. The Bertz CT molecular complexity index is 902. The summed E-state index contributed by atoms with van der Waals surface area (Å²) in [5.74, 6) is 1.09. The molecule has 3 aromatic rings. The van der Waals surface area contributed by atoms with Crippen LogP contribution in [0.2, 0.25) is 0 Å². The molecule has 0 saturated carbocycles. The van der Waals surface area contributed by atoms with Crippen LogP contribution in [0.5, 0.6) is 0 Å². The molecule has 0 radical (unpaired) electrons. The van der Waals surface area contributed by atoms with Gasteiger partial charge in [0.2, 0.25) is 0 Å². The summed E-state index contributed by atoms with van der Waals surface area (Å²) in [6, 6.07) is 6.23. The Morgan fingerprint density at radius 3 is 2.37 bits per heavy atom. The Labute approximate surface area is 163 Å². The van der Waals surface area contributed by atoms with Crippen LogP contribution in [0.4, 0.5) is 5.69 Å². The van der Waals surface area contributed by atoms with Crippen LogP contribution in [0.25, 0.3) is 10.8 Å². The molecule has 3 rings (SSSR count). The highest BCUT2D eigenvalue weighted by atomic mass is 32.1. The van der Waals surface area contributed by atoms with E-state index in [1.54, 1.807) is 0 Å². The Morgan fingerprint density at radius 1 is 1.19 bits per heavy atom. The third-order valence-electron chi connectivity index (χ3n) is 4.47. The molecule has 142 valence electrons. The lowest BCUT2D eigenvalue weighted by molar-refractivity contribution is 0.102. The number of aromatic nitrogens is 4. The van der Waals surface area contributed by atoms with Crippen molar-refractivity contribution in [1.29, 1.82) is 0 Å². The van der Waals surface area contributed by atoms with Crippen LogP contribution >= 0.6 is 11.3 Å². The third kappa shape index (κ3) is 3.93. The molecule has 0 spiro atoms. The fraction of sp³-hybridized carbons (Fsp3) is 0.400. The second-order valence-corrected chi connectivity index (χ2v) is 8.06. The Morgan fingerprint density at radius 2 is 1.85 bits per heavy atom. The van der Waals surface area contributed by atoms with Crippen LogP contribution in [-0.2, 0) is 6.42 Å². The summed E-state index contributed by atoms with van der Waals surface area (Å²) >= 11 is 1.34. The van der Waals surface area contributed by atoms with E-state index in [0.29, 0.717) is 34.0 Å². The van der Waals surface area contributed by atoms with Gasteiger partial charge in [-0.3, -0.25) is 9.89 Å². The van der Waals surface area contributed by atoms with Gasteiger partial charge in [-0.2, -0.15) is 5.10 Å². The van der Waals surface area contributed by atoms with Crippen LogP contribution < -0.4 is 5.32 Å². The fourth-order valence-corrected chi connectivity index (χ4v) is 4.04. The smallest absolute Gasteiger partial charge is 0.267 e. The van der Waals surface area contributed by atoms with Gasteiger partial charge in [-0.1, -0.05) is 52.8 Å². The topological polar surface area (TPSA) is 83.6 Å². The molecule has 2 heterocycles. The van der Waals surface area contributed by atoms with Crippen molar-refractivity contribution in [3.8, 4) is 10.8 Å². The van der Waals surface area contributed by atoms with Crippen LogP contribution in [0.1, 0.15) is 72.9 Å². The fourth-order valence-electron chi connectivity index (χ4n) is 3.04. The average Bonchev–Trinajstić information content (AvgIpc) is 3.30. The number of anilines is 1. The number of para-hydroxylation sites is 1. The maximum atomic E-state index is 13.1. The number of thiazole rings is 1. The summed E-state index contributed by atoms with van der Waals surface area (Å²) < 4.78 is 0. The lowest BCUT2D eigenvalue weighted by atomic mass is 9.92. The van der Waals surface area contributed by atoms with Gasteiger partial charge in [-0.05, 0) is 29.4 Å². The predicted molar refractivity (Wildman–Crippen MR) is 109 cm³/mol. The van der Waals surface area contributed by atoms with Crippen LogP contribution in [0, 0.1) is 0 Å². The molecule has 1 aromatic carbocycles. The van der Waals surface area contributed by atoms with E-state index in [1.807, 2.05) is 6.92 Å². The van der Waals surface area contributed by atoms with E-state index in [0.717, 1.165) is 22.5 Å². The molecule has 0 aliphatic rings. The van der Waals surface area contributed by atoms with Crippen LogP contribution in [0.3, 0.4) is 0 Å². The van der Waals surface area contributed by atoms with Crippen molar-refractivity contribution in [1.82, 2.24) is 20.2 Å². The maximum Gasteiger partial charge on any atom is 0.267 e. The highest BCUT2D eigenvalue weighted by Gasteiger charge is 2.22. The Balaban J connectivity index is 1.99. The number of H-pyrrole nitrogens is 1. The monoisotopic (exact) mass is 383 g/mol. The van der Waals surface area contributed by atoms with Crippen molar-refractivity contribution in [3.63, 3.8) is 0 Å². The summed E-state index contributed by atoms with van der Waals surface area (Å²) in [6.07, 6.45) is 2.12. The lowest BCUT2D eigenvalue weighted by Gasteiger charge is -2.20. The molecular formula is C20H25N5OS. The van der Waals surface area contributed by atoms with Crippen molar-refractivity contribution in [2.24, 2.45) is 0 Å². The standard InChI is InChI=1S/C20H25N5OS/c1-6-15-17(27-20(23-15)18-21-10-22-25-18)19(26)24-16-13(11(2)3)8-7-9-14(16)12(4)5/h7-12H,6H2,1-5H3,(H,24,26)(H,21,22,25). The third-order valence-corrected chi connectivity index (χ3v) is 5.57. The molecule has 6 nitrogen and oxygen atoms in total. The predicted octanol–water partition coefficient (Wildman–Crippen LogP) is 4.99. The van der Waals surface area contributed by atoms with E-state index in [1.165, 1.54) is 17.7 Å². The summed E-state index contributed by atoms with van der Waals surface area (Å²) in [5, 5.41) is 10.5. The van der Waals surface area contributed by atoms with E-state index >= 15 is 0 Å². The number of carbonyl (C=O) groups excluding carboxylic acids is 1. The molecule has 0 aliphatic heterocycles. The van der Waals surface area contributed by atoms with Crippen molar-refractivity contribution in [2.45, 2.75) is 52.9 Å². The van der Waals surface area contributed by atoms with E-state index in [4.69, 9.17) is 0 Å². The van der Waals surface area contributed by atoms with Gasteiger partial charge >= 0.3 is 0 Å². The summed E-state index contributed by atoms with van der Waals surface area (Å²) in [6.45, 7) is 10.6. The Kier molecular flexibility index (Phi) is 5.70. The molecule has 27 heavy (non-hydrogen) atoms. The van der Waals surface area contributed by atoms with Crippen molar-refractivity contribution < 1.29 is 4.79 Å². The number of aryl methyl sites for hydroxylation is 1. The number of hydrogen-bond acceptors (Lipinski definition) is 5. The molecule has 2 N–H and O–H groups in total. The minimum Gasteiger partial charge on any atom is -0.321 e. The number of nitrogens with one attached hydrogen (secondary N) is 2. The first-order valence-corrected chi connectivity index (χ1v) is 10.0. The molecule has 0 aliphatic carbocycles. The molecule has 0 bridgehead atoms. The van der Waals surface area contributed by atoms with Crippen LogP contribution in [0.15, 0.2) is 24.5 Å². The summed E-state index contributed by atoms with van der Waals surface area (Å²) in [4.78, 5) is 22.5. The molecule has 2 aromatic heterocycles. The number of benzene rings is 1. The quantitative estimate of drug-likeness (QED) is 0.628. The lowest BCUT2D eigenvalue weighted by Crippen LogP contribution is -2.16. The molecule has 0 fully saturated rings. The van der Waals surface area contributed by atoms with Crippen molar-refractivity contribution >= 4 is 22.9 Å². The first-order chi connectivity index (χ1) is 12.9. The zero-order chi connectivity index (χ0) is 19.6. The molecule has 0 unspecified atom stereocenters. The second-order valence-electron chi connectivity index (χ2n) is 7.06. The zero-order valence-corrected chi connectivity index (χ0v) is 17.1. The van der Waals surface area contributed by atoms with E-state index in [2.05, 4.69) is 71.4 Å². The van der Waals surface area contributed by atoms with Gasteiger partial charge in [0.25, 0.3) is 5.91 Å². The van der Waals surface area contributed by atoms with Crippen molar-refractivity contribution in [2.75, 3.05) is 5.32 Å². The van der Waals surface area contributed by atoms with Gasteiger partial charge in [0.05, 0.1) is 5.69 Å². The minimum absolute atomic E-state index is 0.120. The second kappa shape index (κ2) is 8.00. The SMILES string of the molecule is CCc1nc(-c2ncn[nH]2)sc1C(=O)Nc1c(C(C)C)cccc1C(C)C. The first kappa shape index (κ1) is 19.2. The van der Waals surface area contributed by atoms with Crippen molar-refractivity contribution in [3.05, 3.63) is 46.2 Å². The number of aromatic amines is 1. The van der Waals surface area contributed by atoms with Gasteiger partial charge in [0, 0.05) is 5.69 Å². The largest absolute Gasteiger partial charge is 0.321 e. The van der Waals surface area contributed by atoms with E-state index < -0.39 is 0 Å². The normalized spacial score (nSPS) is 11.4. The number of carbonyl (C=O) groups is 1.